The number of Topliss-reactive ketones (excluding diaryl/α,β-unsaturated/α-hetero) is 1. The average molecular weight is 219 g/mol. The summed E-state index contributed by atoms with van der Waals surface area (Å²) < 4.78 is 5.10. The van der Waals surface area contributed by atoms with E-state index in [1.54, 1.807) is 18.1 Å². The van der Waals surface area contributed by atoms with Crippen LogP contribution >= 0.6 is 0 Å². The third-order valence-corrected chi connectivity index (χ3v) is 2.63. The Bertz CT molecular complexity index is 428. The standard InChI is InChI=1S/C12H13NO3/c1-16-11-4-2-3-9(7-11)13-6-5-10(14)8-12(13)15/h2-4,7H,5-6,8H2,1H3. The average Bonchev–Trinajstić information content (AvgIpc) is 2.29. The summed E-state index contributed by atoms with van der Waals surface area (Å²) in [6.45, 7) is 0.463. The molecule has 2 rings (SSSR count). The van der Waals surface area contributed by atoms with Gasteiger partial charge in [-0.25, -0.2) is 0 Å². The van der Waals surface area contributed by atoms with Crippen LogP contribution in [0.15, 0.2) is 24.3 Å². The van der Waals surface area contributed by atoms with Gasteiger partial charge in [-0.3, -0.25) is 9.59 Å². The summed E-state index contributed by atoms with van der Waals surface area (Å²) in [5.41, 5.74) is 0.789. The quantitative estimate of drug-likeness (QED) is 0.706. The lowest BCUT2D eigenvalue weighted by Gasteiger charge is -2.26. The molecular weight excluding hydrogens is 206 g/mol. The molecule has 1 amide bonds. The van der Waals surface area contributed by atoms with E-state index in [0.717, 1.165) is 5.69 Å². The molecule has 0 saturated carbocycles. The molecule has 0 radical (unpaired) electrons. The largest absolute Gasteiger partial charge is 0.497 e. The fraction of sp³-hybridized carbons (Fsp3) is 0.333. The molecule has 4 nitrogen and oxygen atoms in total. The van der Waals surface area contributed by atoms with Gasteiger partial charge in [0.05, 0.1) is 13.5 Å². The van der Waals surface area contributed by atoms with E-state index < -0.39 is 0 Å². The Morgan fingerprint density at radius 1 is 1.31 bits per heavy atom. The number of carbonyl (C=O) groups excluding carboxylic acids is 2. The predicted molar refractivity (Wildman–Crippen MR) is 59.6 cm³/mol. The lowest BCUT2D eigenvalue weighted by Crippen LogP contribution is -2.38. The Balaban J connectivity index is 2.23. The number of benzene rings is 1. The van der Waals surface area contributed by atoms with E-state index in [9.17, 15) is 9.59 Å². The molecule has 16 heavy (non-hydrogen) atoms. The lowest BCUT2D eigenvalue weighted by atomic mass is 10.1. The van der Waals surface area contributed by atoms with Gasteiger partial charge in [0.15, 0.2) is 0 Å². The number of amides is 1. The number of ketones is 1. The van der Waals surface area contributed by atoms with Crippen molar-refractivity contribution in [1.29, 1.82) is 0 Å². The number of hydrogen-bond acceptors (Lipinski definition) is 3. The minimum atomic E-state index is -0.135. The topological polar surface area (TPSA) is 46.6 Å². The van der Waals surface area contributed by atoms with Gasteiger partial charge in [-0.1, -0.05) is 6.07 Å². The number of methoxy groups -OCH3 is 1. The molecule has 1 heterocycles. The number of nitrogens with zero attached hydrogens (tertiary/aromatic N) is 1. The van der Waals surface area contributed by atoms with Crippen molar-refractivity contribution in [3.05, 3.63) is 24.3 Å². The first-order valence-corrected chi connectivity index (χ1v) is 5.17. The van der Waals surface area contributed by atoms with E-state index in [0.29, 0.717) is 18.7 Å². The lowest BCUT2D eigenvalue weighted by molar-refractivity contribution is -0.128. The maximum Gasteiger partial charge on any atom is 0.234 e. The van der Waals surface area contributed by atoms with E-state index in [1.807, 2.05) is 18.2 Å². The second kappa shape index (κ2) is 4.35. The molecule has 1 aromatic carbocycles. The van der Waals surface area contributed by atoms with E-state index in [-0.39, 0.29) is 18.1 Å². The van der Waals surface area contributed by atoms with Crippen molar-refractivity contribution in [3.63, 3.8) is 0 Å². The number of rotatable bonds is 2. The van der Waals surface area contributed by atoms with Crippen molar-refractivity contribution >= 4 is 17.4 Å². The van der Waals surface area contributed by atoms with E-state index in [1.165, 1.54) is 0 Å². The maximum absolute atomic E-state index is 11.7. The molecule has 0 atom stereocenters. The highest BCUT2D eigenvalue weighted by Gasteiger charge is 2.24. The molecule has 4 heteroatoms. The van der Waals surface area contributed by atoms with Crippen molar-refractivity contribution in [3.8, 4) is 5.75 Å². The third kappa shape index (κ3) is 2.05. The SMILES string of the molecule is COc1cccc(N2CCC(=O)CC2=O)c1. The number of ether oxygens (including phenoxy) is 1. The molecule has 84 valence electrons. The molecule has 1 saturated heterocycles. The Morgan fingerprint density at radius 3 is 2.81 bits per heavy atom. The first kappa shape index (κ1) is 10.7. The van der Waals surface area contributed by atoms with Gasteiger partial charge in [-0.2, -0.15) is 0 Å². The smallest absolute Gasteiger partial charge is 0.234 e. The molecule has 0 N–H and O–H groups in total. The van der Waals surface area contributed by atoms with Crippen molar-refractivity contribution in [1.82, 2.24) is 0 Å². The Hall–Kier alpha value is -1.84. The highest BCUT2D eigenvalue weighted by atomic mass is 16.5. The minimum absolute atomic E-state index is 0.0111. The van der Waals surface area contributed by atoms with Gasteiger partial charge in [0.1, 0.15) is 11.5 Å². The molecular formula is C12H13NO3. The van der Waals surface area contributed by atoms with Gasteiger partial charge in [0.25, 0.3) is 0 Å². The summed E-state index contributed by atoms with van der Waals surface area (Å²) in [5.74, 6) is 0.593. The van der Waals surface area contributed by atoms with Gasteiger partial charge in [0, 0.05) is 24.7 Å². The molecule has 1 aliphatic rings. The first-order valence-electron chi connectivity index (χ1n) is 5.17. The van der Waals surface area contributed by atoms with Crippen molar-refractivity contribution in [2.45, 2.75) is 12.8 Å². The van der Waals surface area contributed by atoms with Crippen molar-refractivity contribution < 1.29 is 14.3 Å². The highest BCUT2D eigenvalue weighted by molar-refractivity contribution is 6.08. The Kier molecular flexibility index (Phi) is 2.90. The summed E-state index contributed by atoms with van der Waals surface area (Å²) in [4.78, 5) is 24.4. The normalized spacial score (nSPS) is 16.4. The van der Waals surface area contributed by atoms with E-state index in [4.69, 9.17) is 4.74 Å². The van der Waals surface area contributed by atoms with Gasteiger partial charge < -0.3 is 9.64 Å². The molecule has 1 aliphatic heterocycles. The highest BCUT2D eigenvalue weighted by Crippen LogP contribution is 2.23. The Morgan fingerprint density at radius 2 is 2.12 bits per heavy atom. The molecule has 1 fully saturated rings. The second-order valence-corrected chi connectivity index (χ2v) is 3.71. The van der Waals surface area contributed by atoms with Crippen LogP contribution in [0.25, 0.3) is 0 Å². The zero-order valence-corrected chi connectivity index (χ0v) is 9.10. The van der Waals surface area contributed by atoms with Crippen LogP contribution in [-0.2, 0) is 9.59 Å². The molecule has 0 unspecified atom stereocenters. The number of hydrogen-bond donors (Lipinski definition) is 0. The maximum atomic E-state index is 11.7. The van der Waals surface area contributed by atoms with Gasteiger partial charge in [-0.05, 0) is 12.1 Å². The fourth-order valence-electron chi connectivity index (χ4n) is 1.77. The van der Waals surface area contributed by atoms with Crippen molar-refractivity contribution in [2.75, 3.05) is 18.6 Å². The fourth-order valence-corrected chi connectivity index (χ4v) is 1.77. The van der Waals surface area contributed by atoms with E-state index in [2.05, 4.69) is 0 Å². The summed E-state index contributed by atoms with van der Waals surface area (Å²) >= 11 is 0. The van der Waals surface area contributed by atoms with Crippen LogP contribution in [0.1, 0.15) is 12.8 Å². The third-order valence-electron chi connectivity index (χ3n) is 2.63. The van der Waals surface area contributed by atoms with Gasteiger partial charge >= 0.3 is 0 Å². The van der Waals surface area contributed by atoms with Crippen LogP contribution in [0, 0.1) is 0 Å². The van der Waals surface area contributed by atoms with Crippen LogP contribution < -0.4 is 9.64 Å². The minimum Gasteiger partial charge on any atom is -0.497 e. The Labute approximate surface area is 93.8 Å². The van der Waals surface area contributed by atoms with Crippen LogP contribution in [0.3, 0.4) is 0 Å². The molecule has 1 aromatic rings. The van der Waals surface area contributed by atoms with Crippen LogP contribution in [-0.4, -0.2) is 25.3 Å². The number of carbonyl (C=O) groups is 2. The molecule has 0 aromatic heterocycles. The van der Waals surface area contributed by atoms with Crippen LogP contribution in [0.4, 0.5) is 5.69 Å². The van der Waals surface area contributed by atoms with Gasteiger partial charge in [-0.15, -0.1) is 0 Å². The zero-order valence-electron chi connectivity index (χ0n) is 9.10. The summed E-state index contributed by atoms with van der Waals surface area (Å²) in [5, 5.41) is 0. The van der Waals surface area contributed by atoms with Crippen LogP contribution in [0.5, 0.6) is 5.75 Å². The summed E-state index contributed by atoms with van der Waals surface area (Å²) in [6, 6.07) is 7.30. The van der Waals surface area contributed by atoms with Crippen molar-refractivity contribution in [2.24, 2.45) is 0 Å². The van der Waals surface area contributed by atoms with E-state index >= 15 is 0 Å². The predicted octanol–water partition coefficient (Wildman–Crippen LogP) is 1.39. The number of piperidine rings is 1. The first-order chi connectivity index (χ1) is 7.70. The summed E-state index contributed by atoms with van der Waals surface area (Å²) in [7, 11) is 1.58. The number of anilines is 1. The zero-order chi connectivity index (χ0) is 11.5. The second-order valence-electron chi connectivity index (χ2n) is 3.71. The monoisotopic (exact) mass is 219 g/mol. The summed E-state index contributed by atoms with van der Waals surface area (Å²) in [6.07, 6.45) is 0.445. The van der Waals surface area contributed by atoms with Gasteiger partial charge in [0.2, 0.25) is 5.91 Å². The molecule has 0 bridgehead atoms. The molecule has 0 aliphatic carbocycles. The van der Waals surface area contributed by atoms with Crippen LogP contribution in [0.2, 0.25) is 0 Å². The molecule has 0 spiro atoms.